The molecule has 0 aliphatic heterocycles. The van der Waals surface area contributed by atoms with Gasteiger partial charge in [0.25, 0.3) is 0 Å². The summed E-state index contributed by atoms with van der Waals surface area (Å²) in [5, 5.41) is 10.9. The molecule has 0 amide bonds. The number of nitrogens with zero attached hydrogens (tertiary/aromatic N) is 4. The molecule has 6 heteroatoms. The normalized spacial score (nSPS) is 11.4. The molecular weight excluding hydrogens is 246 g/mol. The van der Waals surface area contributed by atoms with E-state index in [9.17, 15) is 0 Å². The van der Waals surface area contributed by atoms with Crippen molar-refractivity contribution in [2.24, 2.45) is 14.1 Å². The van der Waals surface area contributed by atoms with E-state index in [4.69, 9.17) is 5.73 Å². The van der Waals surface area contributed by atoms with Crippen LogP contribution in [0.5, 0.6) is 0 Å². The number of rotatable bonds is 3. The first-order chi connectivity index (χ1) is 8.40. The van der Waals surface area contributed by atoms with Gasteiger partial charge in [-0.3, -0.25) is 9.36 Å². The monoisotopic (exact) mass is 265 g/mol. The second-order valence-corrected chi connectivity index (χ2v) is 5.74. The fourth-order valence-corrected chi connectivity index (χ4v) is 2.86. The SMILES string of the molecule is Cc1cc(Sc2c(N)c(C(C)C)nn2C)n(C)n1. The molecule has 2 N–H and O–H groups in total. The van der Waals surface area contributed by atoms with Gasteiger partial charge >= 0.3 is 0 Å². The number of hydrogen-bond donors (Lipinski definition) is 1. The minimum absolute atomic E-state index is 0.332. The van der Waals surface area contributed by atoms with Gasteiger partial charge < -0.3 is 5.73 Å². The number of nitrogen functional groups attached to an aromatic ring is 1. The summed E-state index contributed by atoms with van der Waals surface area (Å²) in [6.45, 7) is 6.18. The Balaban J connectivity index is 2.38. The van der Waals surface area contributed by atoms with E-state index in [2.05, 4.69) is 24.0 Å². The average molecular weight is 265 g/mol. The molecule has 0 spiro atoms. The summed E-state index contributed by atoms with van der Waals surface area (Å²) in [6, 6.07) is 2.05. The van der Waals surface area contributed by atoms with Crippen LogP contribution < -0.4 is 5.73 Å². The van der Waals surface area contributed by atoms with E-state index in [-0.39, 0.29) is 0 Å². The van der Waals surface area contributed by atoms with Gasteiger partial charge in [0, 0.05) is 14.1 Å². The highest BCUT2D eigenvalue weighted by Gasteiger charge is 2.18. The van der Waals surface area contributed by atoms with Crippen LogP contribution in [0.15, 0.2) is 16.1 Å². The molecule has 98 valence electrons. The van der Waals surface area contributed by atoms with Crippen LogP contribution in [0.1, 0.15) is 31.2 Å². The summed E-state index contributed by atoms with van der Waals surface area (Å²) in [4.78, 5) is 0. The Morgan fingerprint density at radius 2 is 1.89 bits per heavy atom. The van der Waals surface area contributed by atoms with E-state index in [1.54, 1.807) is 11.8 Å². The Labute approximate surface area is 111 Å². The molecule has 0 aliphatic rings. The Hall–Kier alpha value is -1.43. The molecule has 2 rings (SSSR count). The summed E-state index contributed by atoms with van der Waals surface area (Å²) in [5.41, 5.74) is 8.91. The number of aromatic nitrogens is 4. The molecule has 2 aromatic rings. The molecule has 0 unspecified atom stereocenters. The zero-order valence-corrected chi connectivity index (χ0v) is 12.2. The molecule has 18 heavy (non-hydrogen) atoms. The van der Waals surface area contributed by atoms with Gasteiger partial charge in [-0.1, -0.05) is 13.8 Å². The minimum Gasteiger partial charge on any atom is -0.395 e. The fourth-order valence-electron chi connectivity index (χ4n) is 1.87. The second kappa shape index (κ2) is 4.68. The molecule has 0 aliphatic carbocycles. The lowest BCUT2D eigenvalue weighted by Crippen LogP contribution is -1.97. The van der Waals surface area contributed by atoms with E-state index >= 15 is 0 Å². The molecular formula is C12H19N5S. The Morgan fingerprint density at radius 3 is 2.33 bits per heavy atom. The number of nitrogens with two attached hydrogens (primary N) is 1. The van der Waals surface area contributed by atoms with Crippen molar-refractivity contribution in [3.05, 3.63) is 17.5 Å². The predicted octanol–water partition coefficient (Wildman–Crippen LogP) is 2.32. The van der Waals surface area contributed by atoms with E-state index in [0.29, 0.717) is 5.92 Å². The Kier molecular flexibility index (Phi) is 3.38. The summed E-state index contributed by atoms with van der Waals surface area (Å²) < 4.78 is 3.71. The second-order valence-electron chi connectivity index (χ2n) is 4.73. The molecule has 0 radical (unpaired) electrons. The lowest BCUT2D eigenvalue weighted by atomic mass is 10.1. The minimum atomic E-state index is 0.332. The first-order valence-electron chi connectivity index (χ1n) is 5.91. The maximum atomic E-state index is 6.18. The number of aryl methyl sites for hydroxylation is 3. The van der Waals surface area contributed by atoms with Crippen molar-refractivity contribution in [2.45, 2.75) is 36.7 Å². The summed E-state index contributed by atoms with van der Waals surface area (Å²) in [7, 11) is 3.86. The highest BCUT2D eigenvalue weighted by Crippen LogP contribution is 2.35. The van der Waals surface area contributed by atoms with Crippen molar-refractivity contribution in [3.63, 3.8) is 0 Å². The molecule has 0 aromatic carbocycles. The summed E-state index contributed by atoms with van der Waals surface area (Å²) in [6.07, 6.45) is 0. The van der Waals surface area contributed by atoms with Crippen LogP contribution in [0.3, 0.4) is 0 Å². The van der Waals surface area contributed by atoms with Crippen LogP contribution in [-0.2, 0) is 14.1 Å². The molecule has 0 saturated heterocycles. The van der Waals surface area contributed by atoms with E-state index < -0.39 is 0 Å². The van der Waals surface area contributed by atoms with Gasteiger partial charge in [0.15, 0.2) is 0 Å². The van der Waals surface area contributed by atoms with Crippen LogP contribution in [0, 0.1) is 6.92 Å². The van der Waals surface area contributed by atoms with Crippen LogP contribution in [0.2, 0.25) is 0 Å². The van der Waals surface area contributed by atoms with Crippen LogP contribution >= 0.6 is 11.8 Å². The van der Waals surface area contributed by atoms with Crippen LogP contribution in [-0.4, -0.2) is 19.6 Å². The predicted molar refractivity (Wildman–Crippen MR) is 73.8 cm³/mol. The van der Waals surface area contributed by atoms with Crippen molar-refractivity contribution in [1.82, 2.24) is 19.6 Å². The van der Waals surface area contributed by atoms with E-state index in [1.165, 1.54) is 0 Å². The van der Waals surface area contributed by atoms with Gasteiger partial charge in [-0.2, -0.15) is 10.2 Å². The van der Waals surface area contributed by atoms with Gasteiger partial charge in [0.05, 0.1) is 17.1 Å². The third-order valence-corrected chi connectivity index (χ3v) is 4.03. The number of hydrogen-bond acceptors (Lipinski definition) is 4. The lowest BCUT2D eigenvalue weighted by Gasteiger charge is -2.04. The summed E-state index contributed by atoms with van der Waals surface area (Å²) >= 11 is 1.60. The Bertz CT molecular complexity index is 567. The molecule has 0 atom stereocenters. The van der Waals surface area contributed by atoms with E-state index in [0.717, 1.165) is 27.1 Å². The van der Waals surface area contributed by atoms with Crippen LogP contribution in [0.4, 0.5) is 5.69 Å². The fraction of sp³-hybridized carbons (Fsp3) is 0.500. The topological polar surface area (TPSA) is 61.7 Å². The quantitative estimate of drug-likeness (QED) is 0.925. The molecule has 0 saturated carbocycles. The van der Waals surface area contributed by atoms with Gasteiger partial charge in [-0.25, -0.2) is 0 Å². The first-order valence-corrected chi connectivity index (χ1v) is 6.72. The number of anilines is 1. The van der Waals surface area contributed by atoms with E-state index in [1.807, 2.05) is 36.4 Å². The zero-order chi connectivity index (χ0) is 13.4. The van der Waals surface area contributed by atoms with Gasteiger partial charge in [-0.15, -0.1) is 0 Å². The van der Waals surface area contributed by atoms with Crippen molar-refractivity contribution in [2.75, 3.05) is 5.73 Å². The van der Waals surface area contributed by atoms with Crippen molar-refractivity contribution in [1.29, 1.82) is 0 Å². The average Bonchev–Trinajstić information content (AvgIpc) is 2.72. The molecule has 0 bridgehead atoms. The van der Waals surface area contributed by atoms with Gasteiger partial charge in [0.2, 0.25) is 0 Å². The Morgan fingerprint density at radius 1 is 1.22 bits per heavy atom. The standard InChI is InChI=1S/C12H19N5S/c1-7(2)11-10(13)12(17(5)15-11)18-9-6-8(3)14-16(9)4/h6-7H,13H2,1-5H3. The van der Waals surface area contributed by atoms with Gasteiger partial charge in [0.1, 0.15) is 10.1 Å². The van der Waals surface area contributed by atoms with Crippen molar-refractivity contribution >= 4 is 17.4 Å². The van der Waals surface area contributed by atoms with Crippen molar-refractivity contribution < 1.29 is 0 Å². The van der Waals surface area contributed by atoms with Gasteiger partial charge in [-0.05, 0) is 30.7 Å². The molecule has 2 heterocycles. The van der Waals surface area contributed by atoms with Crippen LogP contribution in [0.25, 0.3) is 0 Å². The molecule has 5 nitrogen and oxygen atoms in total. The third kappa shape index (κ3) is 2.25. The third-order valence-electron chi connectivity index (χ3n) is 2.77. The zero-order valence-electron chi connectivity index (χ0n) is 11.4. The largest absolute Gasteiger partial charge is 0.395 e. The highest BCUT2D eigenvalue weighted by molar-refractivity contribution is 7.99. The smallest absolute Gasteiger partial charge is 0.123 e. The first kappa shape index (κ1) is 13.0. The molecule has 0 fully saturated rings. The van der Waals surface area contributed by atoms with Crippen molar-refractivity contribution in [3.8, 4) is 0 Å². The maximum Gasteiger partial charge on any atom is 0.123 e. The molecule has 2 aromatic heterocycles. The lowest BCUT2D eigenvalue weighted by molar-refractivity contribution is 0.664. The highest BCUT2D eigenvalue weighted by atomic mass is 32.2. The summed E-state index contributed by atoms with van der Waals surface area (Å²) in [5.74, 6) is 0.332. The maximum absolute atomic E-state index is 6.18.